The van der Waals surface area contributed by atoms with Gasteiger partial charge < -0.3 is 20.3 Å². The highest BCUT2D eigenvalue weighted by molar-refractivity contribution is 5.94. The van der Waals surface area contributed by atoms with Crippen LogP contribution in [0.5, 0.6) is 0 Å². The Morgan fingerprint density at radius 2 is 1.59 bits per heavy atom. The molecule has 4 amide bonds. The van der Waals surface area contributed by atoms with E-state index in [4.69, 9.17) is 4.74 Å². The smallest absolute Gasteiger partial charge is 0.410 e. The Morgan fingerprint density at radius 1 is 0.949 bits per heavy atom. The number of nitrogens with zero attached hydrogens (tertiary/aromatic N) is 2. The predicted octanol–water partition coefficient (Wildman–Crippen LogP) is 3.27. The van der Waals surface area contributed by atoms with Crippen molar-refractivity contribution in [3.63, 3.8) is 0 Å². The molecule has 0 bridgehead atoms. The van der Waals surface area contributed by atoms with Gasteiger partial charge in [-0.2, -0.15) is 0 Å². The summed E-state index contributed by atoms with van der Waals surface area (Å²) in [6.07, 6.45) is 5.80. The Hall–Kier alpha value is -3.10. The van der Waals surface area contributed by atoms with E-state index in [1.54, 1.807) is 27.7 Å². The molecule has 214 valence electrons. The lowest BCUT2D eigenvalue weighted by Crippen LogP contribution is -2.56. The zero-order chi connectivity index (χ0) is 28.2. The first-order valence-corrected chi connectivity index (χ1v) is 14.4. The van der Waals surface area contributed by atoms with Gasteiger partial charge in [0.2, 0.25) is 17.7 Å². The fourth-order valence-electron chi connectivity index (χ4n) is 6.11. The highest BCUT2D eigenvalue weighted by Crippen LogP contribution is 2.36. The van der Waals surface area contributed by atoms with Gasteiger partial charge in [0, 0.05) is 26.1 Å². The van der Waals surface area contributed by atoms with Gasteiger partial charge in [-0.15, -0.1) is 0 Å². The quantitative estimate of drug-likeness (QED) is 0.552. The summed E-state index contributed by atoms with van der Waals surface area (Å²) >= 11 is 0. The summed E-state index contributed by atoms with van der Waals surface area (Å²) in [5.74, 6) is 0.222. The first-order valence-electron chi connectivity index (χ1n) is 14.4. The first-order chi connectivity index (χ1) is 18.5. The molecule has 0 radical (unpaired) electrons. The molecule has 3 fully saturated rings. The Bertz CT molecular complexity index is 1030. The lowest BCUT2D eigenvalue weighted by molar-refractivity contribution is -0.137. The number of hydrogen-bond donors (Lipinski definition) is 2. The molecule has 9 nitrogen and oxygen atoms in total. The third-order valence-electron chi connectivity index (χ3n) is 8.12. The largest absolute Gasteiger partial charge is 0.444 e. The molecular weight excluding hydrogens is 496 g/mol. The van der Waals surface area contributed by atoms with Crippen LogP contribution in [0, 0.1) is 11.8 Å². The molecule has 2 saturated heterocycles. The third-order valence-corrected chi connectivity index (χ3v) is 8.12. The van der Waals surface area contributed by atoms with Crippen molar-refractivity contribution in [1.82, 2.24) is 20.4 Å². The molecule has 1 aromatic carbocycles. The molecule has 0 aromatic heterocycles. The molecule has 1 aliphatic carbocycles. The van der Waals surface area contributed by atoms with Crippen LogP contribution in [0.15, 0.2) is 30.3 Å². The minimum atomic E-state index is -0.870. The van der Waals surface area contributed by atoms with Crippen LogP contribution in [0.25, 0.3) is 0 Å². The number of fused-ring (bicyclic) bond motifs is 1. The Kier molecular flexibility index (Phi) is 9.18. The second-order valence-electron chi connectivity index (χ2n) is 12.4. The van der Waals surface area contributed by atoms with Crippen molar-refractivity contribution in [2.75, 3.05) is 19.6 Å². The van der Waals surface area contributed by atoms with Gasteiger partial charge in [-0.3, -0.25) is 19.3 Å². The summed E-state index contributed by atoms with van der Waals surface area (Å²) in [7, 11) is 0. The van der Waals surface area contributed by atoms with Crippen molar-refractivity contribution in [3.05, 3.63) is 35.9 Å². The highest BCUT2D eigenvalue weighted by Gasteiger charge is 2.40. The summed E-state index contributed by atoms with van der Waals surface area (Å²) in [6, 6.07) is 7.39. The zero-order valence-electron chi connectivity index (χ0n) is 23.8. The van der Waals surface area contributed by atoms with E-state index in [1.165, 1.54) is 17.7 Å². The number of benzene rings is 1. The van der Waals surface area contributed by atoms with Crippen LogP contribution >= 0.6 is 0 Å². The molecule has 2 aliphatic heterocycles. The van der Waals surface area contributed by atoms with Gasteiger partial charge in [-0.05, 0) is 70.8 Å². The SMILES string of the molecule is CC(NC(=O)C1CCCN1C(=O)OC(C)(C)C)C(=O)NC(Cc1ccccc1)C(=O)N1CC2CCCCC2C1. The van der Waals surface area contributed by atoms with Crippen molar-refractivity contribution in [2.45, 2.75) is 96.4 Å². The van der Waals surface area contributed by atoms with Gasteiger partial charge in [0.25, 0.3) is 0 Å². The fraction of sp³-hybridized carbons (Fsp3) is 0.667. The van der Waals surface area contributed by atoms with Gasteiger partial charge in [-0.1, -0.05) is 43.2 Å². The molecular formula is C30H44N4O5. The zero-order valence-corrected chi connectivity index (χ0v) is 23.8. The van der Waals surface area contributed by atoms with Crippen molar-refractivity contribution in [2.24, 2.45) is 11.8 Å². The molecule has 2 heterocycles. The van der Waals surface area contributed by atoms with Gasteiger partial charge in [0.15, 0.2) is 0 Å². The molecule has 2 N–H and O–H groups in total. The lowest BCUT2D eigenvalue weighted by Gasteiger charge is -2.29. The van der Waals surface area contributed by atoms with Crippen LogP contribution in [-0.2, 0) is 25.5 Å². The monoisotopic (exact) mass is 540 g/mol. The summed E-state index contributed by atoms with van der Waals surface area (Å²) in [5, 5.41) is 5.70. The van der Waals surface area contributed by atoms with E-state index in [0.29, 0.717) is 37.6 Å². The standard InChI is InChI=1S/C30H44N4O5/c1-20(31-27(36)25-15-10-16-34(25)29(38)39-30(2,3)4)26(35)32-24(17-21-11-6-5-7-12-21)28(37)33-18-22-13-8-9-14-23(22)19-33/h5-7,11-12,20,22-25H,8-10,13-19H2,1-4H3,(H,31,36)(H,32,35). The predicted molar refractivity (Wildman–Crippen MR) is 148 cm³/mol. The number of ether oxygens (including phenoxy) is 1. The van der Waals surface area contributed by atoms with Crippen molar-refractivity contribution >= 4 is 23.8 Å². The summed E-state index contributed by atoms with van der Waals surface area (Å²) in [5.41, 5.74) is 0.296. The highest BCUT2D eigenvalue weighted by atomic mass is 16.6. The maximum absolute atomic E-state index is 13.7. The topological polar surface area (TPSA) is 108 Å². The normalized spacial score (nSPS) is 24.5. The Morgan fingerprint density at radius 3 is 2.21 bits per heavy atom. The maximum atomic E-state index is 13.7. The molecule has 4 rings (SSSR count). The third kappa shape index (κ3) is 7.51. The summed E-state index contributed by atoms with van der Waals surface area (Å²) in [6.45, 7) is 8.88. The van der Waals surface area contributed by atoms with E-state index < -0.39 is 41.6 Å². The van der Waals surface area contributed by atoms with Gasteiger partial charge in [-0.25, -0.2) is 4.79 Å². The minimum Gasteiger partial charge on any atom is -0.444 e. The molecule has 0 spiro atoms. The molecule has 1 aromatic rings. The molecule has 5 unspecified atom stereocenters. The number of carbonyl (C=O) groups is 4. The van der Waals surface area contributed by atoms with Crippen molar-refractivity contribution in [1.29, 1.82) is 0 Å². The van der Waals surface area contributed by atoms with Crippen LogP contribution in [0.4, 0.5) is 4.79 Å². The van der Waals surface area contributed by atoms with E-state index in [9.17, 15) is 19.2 Å². The van der Waals surface area contributed by atoms with Crippen LogP contribution in [-0.4, -0.2) is 77.0 Å². The van der Waals surface area contributed by atoms with E-state index in [-0.39, 0.29) is 5.91 Å². The molecule has 39 heavy (non-hydrogen) atoms. The van der Waals surface area contributed by atoms with Crippen molar-refractivity contribution < 1.29 is 23.9 Å². The number of amides is 4. The van der Waals surface area contributed by atoms with Gasteiger partial charge in [0.1, 0.15) is 23.7 Å². The van der Waals surface area contributed by atoms with Crippen LogP contribution < -0.4 is 10.6 Å². The Balaban J connectivity index is 1.39. The van der Waals surface area contributed by atoms with E-state index >= 15 is 0 Å². The Labute approximate surface area is 232 Å². The number of rotatable bonds is 7. The molecule has 1 saturated carbocycles. The van der Waals surface area contributed by atoms with E-state index in [2.05, 4.69) is 10.6 Å². The number of nitrogens with one attached hydrogen (secondary N) is 2. The van der Waals surface area contributed by atoms with E-state index in [1.807, 2.05) is 35.2 Å². The van der Waals surface area contributed by atoms with Crippen LogP contribution in [0.3, 0.4) is 0 Å². The second kappa shape index (κ2) is 12.4. The molecule has 9 heteroatoms. The van der Waals surface area contributed by atoms with Gasteiger partial charge >= 0.3 is 6.09 Å². The van der Waals surface area contributed by atoms with Crippen LogP contribution in [0.1, 0.15) is 71.8 Å². The number of hydrogen-bond acceptors (Lipinski definition) is 5. The van der Waals surface area contributed by atoms with Gasteiger partial charge in [0.05, 0.1) is 0 Å². The molecule has 5 atom stereocenters. The minimum absolute atomic E-state index is 0.0629. The fourth-order valence-corrected chi connectivity index (χ4v) is 6.11. The average Bonchev–Trinajstić information content (AvgIpc) is 3.55. The first kappa shape index (κ1) is 28.9. The summed E-state index contributed by atoms with van der Waals surface area (Å²) in [4.78, 5) is 56.0. The van der Waals surface area contributed by atoms with E-state index in [0.717, 1.165) is 31.5 Å². The number of likely N-dealkylation sites (tertiary alicyclic amines) is 2. The van der Waals surface area contributed by atoms with Crippen LogP contribution in [0.2, 0.25) is 0 Å². The molecule has 3 aliphatic rings. The lowest BCUT2D eigenvalue weighted by atomic mass is 9.82. The number of carbonyl (C=O) groups excluding carboxylic acids is 4. The second-order valence-corrected chi connectivity index (χ2v) is 12.4. The average molecular weight is 541 g/mol. The van der Waals surface area contributed by atoms with Crippen molar-refractivity contribution in [3.8, 4) is 0 Å². The summed E-state index contributed by atoms with van der Waals surface area (Å²) < 4.78 is 5.46. The maximum Gasteiger partial charge on any atom is 0.410 e.